The molecule has 3 N–H and O–H groups in total. The average Bonchev–Trinajstić information content (AvgIpc) is 2.35. The van der Waals surface area contributed by atoms with E-state index in [9.17, 15) is 4.39 Å². The van der Waals surface area contributed by atoms with Crippen LogP contribution in [0.3, 0.4) is 0 Å². The van der Waals surface area contributed by atoms with Crippen molar-refractivity contribution in [3.63, 3.8) is 0 Å². The van der Waals surface area contributed by atoms with E-state index in [1.165, 1.54) is 18.3 Å². The number of ether oxygens (including phenoxy) is 1. The summed E-state index contributed by atoms with van der Waals surface area (Å²) >= 11 is 3.17. The molecule has 2 aromatic rings. The minimum absolute atomic E-state index is 0.0861. The van der Waals surface area contributed by atoms with Gasteiger partial charge in [0.1, 0.15) is 0 Å². The van der Waals surface area contributed by atoms with E-state index < -0.39 is 5.82 Å². The SMILES string of the molecule is Cc1cnc(NN)nc1Oc1ccc(Br)cc1F. The number of nitrogens with zero attached hydrogens (tertiary/aromatic N) is 2. The molecule has 0 fully saturated rings. The van der Waals surface area contributed by atoms with Crippen LogP contribution in [0, 0.1) is 12.7 Å². The van der Waals surface area contributed by atoms with Crippen molar-refractivity contribution < 1.29 is 9.13 Å². The minimum atomic E-state index is -0.482. The molecule has 0 radical (unpaired) electrons. The molecule has 0 aliphatic carbocycles. The topological polar surface area (TPSA) is 73.1 Å². The summed E-state index contributed by atoms with van der Waals surface area (Å²) in [5.41, 5.74) is 2.98. The van der Waals surface area contributed by atoms with Crippen LogP contribution in [0.15, 0.2) is 28.9 Å². The molecule has 0 saturated heterocycles. The molecule has 0 aliphatic heterocycles. The fraction of sp³-hybridized carbons (Fsp3) is 0.0909. The lowest BCUT2D eigenvalue weighted by Gasteiger charge is -2.09. The Morgan fingerprint density at radius 2 is 2.22 bits per heavy atom. The van der Waals surface area contributed by atoms with E-state index in [0.717, 1.165) is 0 Å². The summed E-state index contributed by atoms with van der Waals surface area (Å²) in [4.78, 5) is 7.91. The summed E-state index contributed by atoms with van der Waals surface area (Å²) in [6, 6.07) is 4.50. The van der Waals surface area contributed by atoms with Crippen LogP contribution in [0.5, 0.6) is 11.6 Å². The largest absolute Gasteiger partial charge is 0.435 e. The monoisotopic (exact) mass is 312 g/mol. The molecule has 7 heteroatoms. The van der Waals surface area contributed by atoms with Gasteiger partial charge >= 0.3 is 0 Å². The van der Waals surface area contributed by atoms with E-state index in [-0.39, 0.29) is 17.6 Å². The van der Waals surface area contributed by atoms with Gasteiger partial charge in [-0.1, -0.05) is 15.9 Å². The Morgan fingerprint density at radius 3 is 2.89 bits per heavy atom. The third-order valence-electron chi connectivity index (χ3n) is 2.15. The van der Waals surface area contributed by atoms with Crippen molar-refractivity contribution in [3.8, 4) is 11.6 Å². The van der Waals surface area contributed by atoms with Crippen LogP contribution >= 0.6 is 15.9 Å². The molecule has 5 nitrogen and oxygen atoms in total. The predicted octanol–water partition coefficient (Wildman–Crippen LogP) is 2.76. The van der Waals surface area contributed by atoms with E-state index in [1.807, 2.05) is 0 Å². The van der Waals surface area contributed by atoms with Crippen molar-refractivity contribution in [1.29, 1.82) is 0 Å². The number of nitrogen functional groups attached to an aromatic ring is 1. The molecular weight excluding hydrogens is 303 g/mol. The first kappa shape index (κ1) is 12.7. The number of rotatable bonds is 3. The van der Waals surface area contributed by atoms with E-state index in [4.69, 9.17) is 10.6 Å². The zero-order valence-corrected chi connectivity index (χ0v) is 11.0. The second kappa shape index (κ2) is 5.28. The van der Waals surface area contributed by atoms with Crippen LogP contribution < -0.4 is 16.0 Å². The van der Waals surface area contributed by atoms with Gasteiger partial charge in [0.15, 0.2) is 11.6 Å². The number of aryl methyl sites for hydroxylation is 1. The number of anilines is 1. The molecule has 0 atom stereocenters. The summed E-state index contributed by atoms with van der Waals surface area (Å²) in [7, 11) is 0. The number of nitrogens with one attached hydrogen (secondary N) is 1. The van der Waals surface area contributed by atoms with Crippen molar-refractivity contribution >= 4 is 21.9 Å². The maximum Gasteiger partial charge on any atom is 0.240 e. The quantitative estimate of drug-likeness (QED) is 0.673. The predicted molar refractivity (Wildman–Crippen MR) is 68.8 cm³/mol. The van der Waals surface area contributed by atoms with Gasteiger partial charge in [0, 0.05) is 16.2 Å². The first-order chi connectivity index (χ1) is 8.60. The molecule has 0 spiro atoms. The van der Waals surface area contributed by atoms with Crippen LogP contribution in [0.25, 0.3) is 0 Å². The normalized spacial score (nSPS) is 10.2. The fourth-order valence-electron chi connectivity index (χ4n) is 1.26. The Hall–Kier alpha value is -1.73. The first-order valence-electron chi connectivity index (χ1n) is 5.03. The average molecular weight is 313 g/mol. The zero-order valence-electron chi connectivity index (χ0n) is 9.45. The highest BCUT2D eigenvalue weighted by atomic mass is 79.9. The summed E-state index contributed by atoms with van der Waals surface area (Å²) < 4.78 is 19.6. The van der Waals surface area contributed by atoms with Crippen LogP contribution in [0.1, 0.15) is 5.56 Å². The summed E-state index contributed by atoms with van der Waals surface area (Å²) in [6.07, 6.45) is 1.54. The second-order valence-electron chi connectivity index (χ2n) is 3.50. The van der Waals surface area contributed by atoms with Crippen LogP contribution in [0.2, 0.25) is 0 Å². The van der Waals surface area contributed by atoms with Gasteiger partial charge in [-0.25, -0.2) is 15.2 Å². The number of nitrogens with two attached hydrogens (primary N) is 1. The highest BCUT2D eigenvalue weighted by molar-refractivity contribution is 9.10. The zero-order chi connectivity index (χ0) is 13.1. The molecule has 0 amide bonds. The standard InChI is InChI=1S/C11H10BrFN4O/c1-6-5-15-11(17-14)16-10(6)18-9-3-2-7(12)4-8(9)13/h2-5H,14H2,1H3,(H,15,16,17). The number of hydrazine groups is 1. The Morgan fingerprint density at radius 1 is 1.44 bits per heavy atom. The Bertz CT molecular complexity index is 579. The molecule has 2 rings (SSSR count). The number of aromatic nitrogens is 2. The molecular formula is C11H10BrFN4O. The molecule has 0 saturated carbocycles. The third-order valence-corrected chi connectivity index (χ3v) is 2.65. The minimum Gasteiger partial charge on any atom is -0.435 e. The van der Waals surface area contributed by atoms with Gasteiger partial charge in [0.2, 0.25) is 11.8 Å². The molecule has 18 heavy (non-hydrogen) atoms. The highest BCUT2D eigenvalue weighted by Gasteiger charge is 2.09. The van der Waals surface area contributed by atoms with Crippen molar-refractivity contribution in [2.75, 3.05) is 5.43 Å². The lowest BCUT2D eigenvalue weighted by molar-refractivity contribution is 0.423. The van der Waals surface area contributed by atoms with Gasteiger partial charge in [-0.05, 0) is 25.1 Å². The first-order valence-corrected chi connectivity index (χ1v) is 5.82. The van der Waals surface area contributed by atoms with Gasteiger partial charge < -0.3 is 4.74 Å². The van der Waals surface area contributed by atoms with Crippen LogP contribution in [0.4, 0.5) is 10.3 Å². The second-order valence-corrected chi connectivity index (χ2v) is 4.42. The number of halogens is 2. The molecule has 1 aromatic heterocycles. The Kier molecular flexibility index (Phi) is 3.73. The van der Waals surface area contributed by atoms with Gasteiger partial charge in [0.05, 0.1) is 0 Å². The van der Waals surface area contributed by atoms with Crippen LogP contribution in [-0.2, 0) is 0 Å². The third kappa shape index (κ3) is 2.74. The van der Waals surface area contributed by atoms with E-state index in [2.05, 4.69) is 31.3 Å². The lowest BCUT2D eigenvalue weighted by atomic mass is 10.3. The molecule has 94 valence electrons. The van der Waals surface area contributed by atoms with Crippen molar-refractivity contribution in [2.45, 2.75) is 6.92 Å². The maximum atomic E-state index is 13.6. The van der Waals surface area contributed by atoms with Gasteiger partial charge in [-0.15, -0.1) is 0 Å². The van der Waals surface area contributed by atoms with E-state index in [0.29, 0.717) is 10.0 Å². The van der Waals surface area contributed by atoms with Crippen molar-refractivity contribution in [3.05, 3.63) is 40.2 Å². The maximum absolute atomic E-state index is 13.6. The number of benzene rings is 1. The smallest absolute Gasteiger partial charge is 0.240 e. The number of hydrogen-bond acceptors (Lipinski definition) is 5. The Balaban J connectivity index is 2.33. The highest BCUT2D eigenvalue weighted by Crippen LogP contribution is 2.27. The molecule has 0 bridgehead atoms. The lowest BCUT2D eigenvalue weighted by Crippen LogP contribution is -2.11. The van der Waals surface area contributed by atoms with Crippen molar-refractivity contribution in [1.82, 2.24) is 9.97 Å². The van der Waals surface area contributed by atoms with E-state index in [1.54, 1.807) is 13.0 Å². The summed E-state index contributed by atoms with van der Waals surface area (Å²) in [6.45, 7) is 1.76. The van der Waals surface area contributed by atoms with Gasteiger partial charge in [-0.2, -0.15) is 4.98 Å². The summed E-state index contributed by atoms with van der Waals surface area (Å²) in [5, 5.41) is 0. The summed E-state index contributed by atoms with van der Waals surface area (Å²) in [5.74, 6) is 5.26. The van der Waals surface area contributed by atoms with Crippen molar-refractivity contribution in [2.24, 2.45) is 5.84 Å². The number of hydrogen-bond donors (Lipinski definition) is 2. The molecule has 0 aliphatic rings. The fourth-order valence-corrected chi connectivity index (χ4v) is 1.59. The van der Waals surface area contributed by atoms with Gasteiger partial charge in [-0.3, -0.25) is 5.43 Å². The molecule has 1 aromatic carbocycles. The van der Waals surface area contributed by atoms with Gasteiger partial charge in [0.25, 0.3) is 0 Å². The Labute approximate surface area is 111 Å². The van der Waals surface area contributed by atoms with Crippen LogP contribution in [-0.4, -0.2) is 9.97 Å². The van der Waals surface area contributed by atoms with E-state index >= 15 is 0 Å². The molecule has 0 unspecified atom stereocenters. The molecule has 1 heterocycles.